The van der Waals surface area contributed by atoms with Crippen LogP contribution in [0.25, 0.3) is 6.08 Å². The highest BCUT2D eigenvalue weighted by Gasteiger charge is 2.37. The fraction of sp³-hybridized carbons (Fsp3) is 0.143. The average Bonchev–Trinajstić information content (AvgIpc) is 3.20. The van der Waals surface area contributed by atoms with Gasteiger partial charge in [-0.1, -0.05) is 40.2 Å². The van der Waals surface area contributed by atoms with Gasteiger partial charge in [0.25, 0.3) is 11.1 Å². The number of thioether (sulfide) groups is 1. The lowest BCUT2D eigenvalue weighted by molar-refractivity contribution is -0.137. The minimum Gasteiger partial charge on any atom is -0.493 e. The molecule has 0 bridgehead atoms. The van der Waals surface area contributed by atoms with Gasteiger partial charge in [-0.3, -0.25) is 19.3 Å². The van der Waals surface area contributed by atoms with E-state index in [1.807, 2.05) is 0 Å². The zero-order valence-electron chi connectivity index (χ0n) is 21.1. The van der Waals surface area contributed by atoms with Gasteiger partial charge in [-0.25, -0.2) is 0 Å². The first-order chi connectivity index (χ1) is 19.5. The van der Waals surface area contributed by atoms with Gasteiger partial charge in [0.2, 0.25) is 5.91 Å². The van der Waals surface area contributed by atoms with Crippen molar-refractivity contribution in [3.63, 3.8) is 0 Å². The highest BCUT2D eigenvalue weighted by Crippen LogP contribution is 2.38. The largest absolute Gasteiger partial charge is 0.493 e. The average molecular weight is 646 g/mol. The molecule has 0 saturated carbocycles. The number of hydrogen-bond donors (Lipinski definition) is 1. The van der Waals surface area contributed by atoms with Crippen LogP contribution in [-0.4, -0.2) is 35.6 Å². The van der Waals surface area contributed by atoms with Gasteiger partial charge >= 0.3 is 6.18 Å². The molecule has 0 aliphatic carbocycles. The zero-order chi connectivity index (χ0) is 29.7. The normalized spacial score (nSPS) is 14.2. The van der Waals surface area contributed by atoms with Crippen LogP contribution in [0.15, 0.2) is 70.0 Å². The van der Waals surface area contributed by atoms with Crippen LogP contribution in [-0.2, 0) is 22.4 Å². The van der Waals surface area contributed by atoms with E-state index in [2.05, 4.69) is 27.3 Å². The number of hydrogen-bond acceptors (Lipinski definition) is 7. The van der Waals surface area contributed by atoms with E-state index in [0.29, 0.717) is 49.3 Å². The number of carbonyl (C=O) groups excluding carboxylic acids is 3. The number of anilines is 1. The van der Waals surface area contributed by atoms with Crippen molar-refractivity contribution in [2.75, 3.05) is 19.0 Å². The number of methoxy groups -OCH3 is 1. The van der Waals surface area contributed by atoms with Crippen molar-refractivity contribution in [3.05, 3.63) is 92.3 Å². The van der Waals surface area contributed by atoms with E-state index in [0.717, 1.165) is 18.2 Å². The van der Waals surface area contributed by atoms with E-state index in [1.54, 1.807) is 36.4 Å². The highest BCUT2D eigenvalue weighted by molar-refractivity contribution is 9.10. The second kappa shape index (κ2) is 12.5. The van der Waals surface area contributed by atoms with Crippen molar-refractivity contribution in [1.82, 2.24) is 4.90 Å². The van der Waals surface area contributed by atoms with Gasteiger partial charge in [0, 0.05) is 15.7 Å². The Bertz CT molecular complexity index is 1600. The van der Waals surface area contributed by atoms with Crippen molar-refractivity contribution >= 4 is 56.5 Å². The summed E-state index contributed by atoms with van der Waals surface area (Å²) < 4.78 is 50.6. The molecule has 3 aromatic carbocycles. The molecular weight excluding hydrogens is 627 g/mol. The Kier molecular flexibility index (Phi) is 9.05. The minimum absolute atomic E-state index is 0.0289. The van der Waals surface area contributed by atoms with Crippen molar-refractivity contribution < 1.29 is 37.0 Å². The highest BCUT2D eigenvalue weighted by atomic mass is 79.9. The summed E-state index contributed by atoms with van der Waals surface area (Å²) in [6.07, 6.45) is -3.15. The van der Waals surface area contributed by atoms with Gasteiger partial charge < -0.3 is 14.8 Å². The van der Waals surface area contributed by atoms with Crippen LogP contribution in [0.3, 0.4) is 0 Å². The Balaban J connectivity index is 1.47. The SMILES string of the molecule is COc1cc(/C=C2\SC(=O)N(CC(=O)Nc3cccc(C(F)(F)F)c3)C2=O)c(Br)cc1OCc1ccccc1C#N. The van der Waals surface area contributed by atoms with Crippen LogP contribution in [0.5, 0.6) is 11.5 Å². The van der Waals surface area contributed by atoms with Gasteiger partial charge in [0.05, 0.1) is 29.2 Å². The second-order valence-electron chi connectivity index (χ2n) is 8.48. The van der Waals surface area contributed by atoms with Crippen molar-refractivity contribution in [2.45, 2.75) is 12.8 Å². The standard InChI is InChI=1S/C28H19BrF3N3O5S/c1-39-22-9-18(21(29)12-23(22)40-15-17-6-3-2-5-16(17)13-33)10-24-26(37)35(27(38)41-24)14-25(36)34-20-8-4-7-19(11-20)28(30,31)32/h2-12H,14-15H2,1H3,(H,34,36)/b24-10-. The van der Waals surface area contributed by atoms with Crippen molar-refractivity contribution in [3.8, 4) is 17.6 Å². The first-order valence-corrected chi connectivity index (χ1v) is 13.3. The molecule has 1 aliphatic heterocycles. The second-order valence-corrected chi connectivity index (χ2v) is 10.3. The summed E-state index contributed by atoms with van der Waals surface area (Å²) in [4.78, 5) is 38.6. The molecule has 0 unspecified atom stereocenters. The Morgan fingerprint density at radius 2 is 1.88 bits per heavy atom. The summed E-state index contributed by atoms with van der Waals surface area (Å²) in [5.74, 6) is -0.883. The molecule has 4 rings (SSSR count). The maximum Gasteiger partial charge on any atom is 0.416 e. The summed E-state index contributed by atoms with van der Waals surface area (Å²) >= 11 is 4.04. The lowest BCUT2D eigenvalue weighted by atomic mass is 10.1. The fourth-order valence-corrected chi connectivity index (χ4v) is 5.01. The van der Waals surface area contributed by atoms with Crippen LogP contribution >= 0.6 is 27.7 Å². The summed E-state index contributed by atoms with van der Waals surface area (Å²) in [7, 11) is 1.43. The number of amides is 3. The summed E-state index contributed by atoms with van der Waals surface area (Å²) in [5.41, 5.74) is 0.561. The molecule has 3 amide bonds. The number of nitrogens with one attached hydrogen (secondary N) is 1. The quantitative estimate of drug-likeness (QED) is 0.275. The Labute approximate surface area is 244 Å². The third-order valence-corrected chi connectivity index (χ3v) is 7.33. The predicted octanol–water partition coefficient (Wildman–Crippen LogP) is 6.60. The number of imide groups is 1. The Morgan fingerprint density at radius 1 is 1.12 bits per heavy atom. The molecule has 1 saturated heterocycles. The fourth-order valence-electron chi connectivity index (χ4n) is 3.74. The van der Waals surface area contributed by atoms with E-state index in [4.69, 9.17) is 9.47 Å². The molecule has 1 fully saturated rings. The third-order valence-electron chi connectivity index (χ3n) is 5.74. The Hall–Kier alpha value is -4.28. The first kappa shape index (κ1) is 29.7. The third kappa shape index (κ3) is 7.08. The van der Waals surface area contributed by atoms with E-state index in [9.17, 15) is 32.8 Å². The lowest BCUT2D eigenvalue weighted by Gasteiger charge is -2.14. The molecule has 13 heteroatoms. The molecule has 41 heavy (non-hydrogen) atoms. The number of alkyl halides is 3. The van der Waals surface area contributed by atoms with E-state index < -0.39 is 35.3 Å². The minimum atomic E-state index is -4.60. The number of rotatable bonds is 8. The summed E-state index contributed by atoms with van der Waals surface area (Å²) in [6, 6.07) is 16.3. The van der Waals surface area contributed by atoms with E-state index >= 15 is 0 Å². The van der Waals surface area contributed by atoms with Crippen LogP contribution in [0, 0.1) is 11.3 Å². The van der Waals surface area contributed by atoms with Crippen LogP contribution < -0.4 is 14.8 Å². The van der Waals surface area contributed by atoms with Gasteiger partial charge in [-0.15, -0.1) is 0 Å². The number of benzene rings is 3. The van der Waals surface area contributed by atoms with Crippen LogP contribution in [0.2, 0.25) is 0 Å². The smallest absolute Gasteiger partial charge is 0.416 e. The van der Waals surface area contributed by atoms with Crippen LogP contribution in [0.4, 0.5) is 23.7 Å². The zero-order valence-corrected chi connectivity index (χ0v) is 23.5. The molecule has 1 aliphatic rings. The molecule has 0 aromatic heterocycles. The maximum absolute atomic E-state index is 12.9. The molecule has 8 nitrogen and oxygen atoms in total. The van der Waals surface area contributed by atoms with Gasteiger partial charge in [0.15, 0.2) is 11.5 Å². The molecule has 210 valence electrons. The van der Waals surface area contributed by atoms with E-state index in [-0.39, 0.29) is 17.2 Å². The number of nitriles is 1. The maximum atomic E-state index is 12.9. The monoisotopic (exact) mass is 645 g/mol. The molecule has 0 spiro atoms. The Morgan fingerprint density at radius 3 is 2.59 bits per heavy atom. The summed E-state index contributed by atoms with van der Waals surface area (Å²) in [6.45, 7) is -0.576. The van der Waals surface area contributed by atoms with Gasteiger partial charge in [0.1, 0.15) is 13.2 Å². The first-order valence-electron chi connectivity index (χ1n) is 11.7. The number of nitrogens with zero attached hydrogens (tertiary/aromatic N) is 2. The van der Waals surface area contributed by atoms with Gasteiger partial charge in [-0.05, 0) is 59.8 Å². The van der Waals surface area contributed by atoms with Crippen molar-refractivity contribution in [1.29, 1.82) is 5.26 Å². The van der Waals surface area contributed by atoms with Gasteiger partial charge in [-0.2, -0.15) is 18.4 Å². The predicted molar refractivity (Wildman–Crippen MR) is 149 cm³/mol. The molecule has 0 atom stereocenters. The molecule has 0 radical (unpaired) electrons. The molecule has 3 aromatic rings. The molecule has 1 heterocycles. The number of halogens is 4. The molecular formula is C28H19BrF3N3O5S. The topological polar surface area (TPSA) is 109 Å². The molecule has 1 N–H and O–H groups in total. The van der Waals surface area contributed by atoms with Crippen molar-refractivity contribution in [2.24, 2.45) is 0 Å². The lowest BCUT2D eigenvalue weighted by Crippen LogP contribution is -2.36. The number of ether oxygens (including phenoxy) is 2. The number of carbonyl (C=O) groups is 3. The van der Waals surface area contributed by atoms with Crippen LogP contribution in [0.1, 0.15) is 22.3 Å². The summed E-state index contributed by atoms with van der Waals surface area (Å²) in [5, 5.41) is 10.9. The van der Waals surface area contributed by atoms with E-state index in [1.165, 1.54) is 19.3 Å².